The van der Waals surface area contributed by atoms with Gasteiger partial charge >= 0.3 is 6.03 Å². The molecule has 124 valence electrons. The standard InChI is InChI=1S/C14H16N8O2/c1-9-18-12(24-21-9)14(2,3)20-13(23)19-10-5-4-6-16-11(10)22-8-15-7-17-22/h4-8H,1-3H3,(H2,19,20,23). The quantitative estimate of drug-likeness (QED) is 0.742. The van der Waals surface area contributed by atoms with Crippen LogP contribution in [0.1, 0.15) is 25.6 Å². The molecule has 0 aliphatic rings. The van der Waals surface area contributed by atoms with E-state index >= 15 is 0 Å². The van der Waals surface area contributed by atoms with Gasteiger partial charge in [-0.3, -0.25) is 0 Å². The zero-order valence-electron chi connectivity index (χ0n) is 13.4. The number of rotatable bonds is 4. The molecule has 0 aliphatic carbocycles. The largest absolute Gasteiger partial charge is 0.337 e. The lowest BCUT2D eigenvalue weighted by Crippen LogP contribution is -2.43. The van der Waals surface area contributed by atoms with Crippen LogP contribution in [0.4, 0.5) is 10.5 Å². The van der Waals surface area contributed by atoms with Crippen LogP contribution in [0, 0.1) is 6.92 Å². The average Bonchev–Trinajstić information content (AvgIpc) is 3.18. The van der Waals surface area contributed by atoms with Crippen LogP contribution in [-0.4, -0.2) is 35.9 Å². The fourth-order valence-corrected chi connectivity index (χ4v) is 2.04. The Morgan fingerprint density at radius 2 is 2.21 bits per heavy atom. The van der Waals surface area contributed by atoms with Gasteiger partial charge in [-0.25, -0.2) is 19.4 Å². The molecule has 0 fully saturated rings. The summed E-state index contributed by atoms with van der Waals surface area (Å²) in [6, 6.07) is 2.99. The van der Waals surface area contributed by atoms with Crippen molar-refractivity contribution >= 4 is 11.7 Å². The van der Waals surface area contributed by atoms with E-state index < -0.39 is 11.6 Å². The van der Waals surface area contributed by atoms with E-state index in [0.29, 0.717) is 23.2 Å². The molecule has 3 heterocycles. The molecular weight excluding hydrogens is 312 g/mol. The minimum atomic E-state index is -0.832. The first kappa shape index (κ1) is 15.6. The first-order valence-corrected chi connectivity index (χ1v) is 7.16. The van der Waals surface area contributed by atoms with Gasteiger partial charge in [0.05, 0.1) is 5.69 Å². The molecule has 3 aromatic rings. The second kappa shape index (κ2) is 6.07. The van der Waals surface area contributed by atoms with Crippen molar-refractivity contribution in [1.82, 2.24) is 35.2 Å². The van der Waals surface area contributed by atoms with E-state index in [1.807, 2.05) is 0 Å². The molecule has 0 aliphatic heterocycles. The lowest BCUT2D eigenvalue weighted by atomic mass is 10.1. The van der Waals surface area contributed by atoms with Crippen molar-refractivity contribution in [1.29, 1.82) is 0 Å². The van der Waals surface area contributed by atoms with Crippen molar-refractivity contribution in [2.75, 3.05) is 5.32 Å². The topological polar surface area (TPSA) is 124 Å². The maximum Gasteiger partial charge on any atom is 0.320 e. The number of nitrogens with zero attached hydrogens (tertiary/aromatic N) is 6. The van der Waals surface area contributed by atoms with Gasteiger partial charge in [0.1, 0.15) is 18.2 Å². The van der Waals surface area contributed by atoms with Crippen LogP contribution >= 0.6 is 0 Å². The van der Waals surface area contributed by atoms with Gasteiger partial charge in [0, 0.05) is 6.20 Å². The Labute approximate surface area is 137 Å². The Hall–Kier alpha value is -3.30. The third-order valence-corrected chi connectivity index (χ3v) is 3.16. The van der Waals surface area contributed by atoms with Gasteiger partial charge in [0.15, 0.2) is 11.6 Å². The minimum Gasteiger partial charge on any atom is -0.337 e. The van der Waals surface area contributed by atoms with Crippen molar-refractivity contribution in [2.24, 2.45) is 0 Å². The number of carbonyl (C=O) groups excluding carboxylic acids is 1. The normalized spacial score (nSPS) is 11.3. The summed E-state index contributed by atoms with van der Waals surface area (Å²) in [4.78, 5) is 24.6. The van der Waals surface area contributed by atoms with Crippen molar-refractivity contribution < 1.29 is 9.32 Å². The second-order valence-corrected chi connectivity index (χ2v) is 5.57. The molecule has 3 rings (SSSR count). The molecule has 2 N–H and O–H groups in total. The highest BCUT2D eigenvalue weighted by molar-refractivity contribution is 5.91. The third kappa shape index (κ3) is 3.21. The molecule has 0 saturated heterocycles. The summed E-state index contributed by atoms with van der Waals surface area (Å²) in [7, 11) is 0. The highest BCUT2D eigenvalue weighted by Gasteiger charge is 2.29. The number of nitrogens with one attached hydrogen (secondary N) is 2. The summed E-state index contributed by atoms with van der Waals surface area (Å²) >= 11 is 0. The van der Waals surface area contributed by atoms with Gasteiger partial charge in [0.2, 0.25) is 0 Å². The van der Waals surface area contributed by atoms with Crippen molar-refractivity contribution in [3.05, 3.63) is 42.7 Å². The summed E-state index contributed by atoms with van der Waals surface area (Å²) in [6.45, 7) is 5.24. The molecule has 0 radical (unpaired) electrons. The number of anilines is 1. The smallest absolute Gasteiger partial charge is 0.320 e. The van der Waals surface area contributed by atoms with Crippen molar-refractivity contribution in [2.45, 2.75) is 26.3 Å². The third-order valence-electron chi connectivity index (χ3n) is 3.16. The molecule has 10 heteroatoms. The first-order valence-electron chi connectivity index (χ1n) is 7.16. The number of aryl methyl sites for hydroxylation is 1. The van der Waals surface area contributed by atoms with Crippen LogP contribution in [0.15, 0.2) is 35.5 Å². The molecular formula is C14H16N8O2. The lowest BCUT2D eigenvalue weighted by molar-refractivity contribution is 0.228. The minimum absolute atomic E-state index is 0.317. The number of hydrogen-bond donors (Lipinski definition) is 2. The monoisotopic (exact) mass is 328 g/mol. The molecule has 0 saturated carbocycles. The predicted octanol–water partition coefficient (Wildman–Crippen LogP) is 1.41. The summed E-state index contributed by atoms with van der Waals surface area (Å²) in [5.41, 5.74) is -0.348. The SMILES string of the molecule is Cc1noc(C(C)(C)NC(=O)Nc2cccnc2-n2cncn2)n1. The number of amides is 2. The molecule has 0 unspecified atom stereocenters. The van der Waals surface area contributed by atoms with Crippen molar-refractivity contribution in [3.63, 3.8) is 0 Å². The molecule has 0 spiro atoms. The van der Waals surface area contributed by atoms with E-state index in [1.165, 1.54) is 17.3 Å². The van der Waals surface area contributed by atoms with E-state index in [-0.39, 0.29) is 0 Å². The molecule has 24 heavy (non-hydrogen) atoms. The van der Waals surface area contributed by atoms with Crippen LogP contribution in [-0.2, 0) is 5.54 Å². The molecule has 10 nitrogen and oxygen atoms in total. The van der Waals surface area contributed by atoms with E-state index in [0.717, 1.165) is 0 Å². The number of urea groups is 1. The number of hydrogen-bond acceptors (Lipinski definition) is 7. The zero-order chi connectivity index (χ0) is 17.2. The van der Waals surface area contributed by atoms with Gasteiger partial charge in [-0.1, -0.05) is 5.16 Å². The van der Waals surface area contributed by atoms with Crippen LogP contribution in [0.3, 0.4) is 0 Å². The van der Waals surface area contributed by atoms with Crippen molar-refractivity contribution in [3.8, 4) is 5.82 Å². The fourth-order valence-electron chi connectivity index (χ4n) is 2.04. The van der Waals surface area contributed by atoms with Gasteiger partial charge in [-0.2, -0.15) is 10.1 Å². The van der Waals surface area contributed by atoms with E-state index in [2.05, 4.69) is 35.8 Å². The number of aromatic nitrogens is 6. The molecule has 3 aromatic heterocycles. The summed E-state index contributed by atoms with van der Waals surface area (Å²) in [5.74, 6) is 1.27. The van der Waals surface area contributed by atoms with Gasteiger partial charge < -0.3 is 15.2 Å². The average molecular weight is 328 g/mol. The summed E-state index contributed by atoms with van der Waals surface area (Å²) in [5, 5.41) is 13.3. The van der Waals surface area contributed by atoms with E-state index in [4.69, 9.17) is 4.52 Å². The Bertz CT molecular complexity index is 840. The van der Waals surface area contributed by atoms with Gasteiger partial charge in [-0.15, -0.1) is 0 Å². The predicted molar refractivity (Wildman–Crippen MR) is 83.4 cm³/mol. The molecule has 2 amide bonds. The maximum absolute atomic E-state index is 12.3. The number of carbonyl (C=O) groups is 1. The van der Waals surface area contributed by atoms with E-state index in [1.54, 1.807) is 39.1 Å². The summed E-state index contributed by atoms with van der Waals surface area (Å²) < 4.78 is 6.58. The Morgan fingerprint density at radius 1 is 1.38 bits per heavy atom. The molecule has 0 bridgehead atoms. The first-order chi connectivity index (χ1) is 11.5. The van der Waals surface area contributed by atoms with E-state index in [9.17, 15) is 4.79 Å². The second-order valence-electron chi connectivity index (χ2n) is 5.57. The highest BCUT2D eigenvalue weighted by atomic mass is 16.5. The molecule has 0 atom stereocenters. The van der Waals surface area contributed by atoms with Gasteiger partial charge in [0.25, 0.3) is 5.89 Å². The lowest BCUT2D eigenvalue weighted by Gasteiger charge is -2.22. The van der Waals surface area contributed by atoms with Crippen LogP contribution in [0.25, 0.3) is 5.82 Å². The van der Waals surface area contributed by atoms with Crippen LogP contribution < -0.4 is 10.6 Å². The van der Waals surface area contributed by atoms with Crippen LogP contribution in [0.2, 0.25) is 0 Å². The maximum atomic E-state index is 12.3. The summed E-state index contributed by atoms with van der Waals surface area (Å²) in [6.07, 6.45) is 4.49. The Kier molecular flexibility index (Phi) is 3.94. The van der Waals surface area contributed by atoms with Crippen LogP contribution in [0.5, 0.6) is 0 Å². The zero-order valence-corrected chi connectivity index (χ0v) is 13.4. The Balaban J connectivity index is 1.76. The number of pyridine rings is 1. The fraction of sp³-hybridized carbons (Fsp3) is 0.286. The van der Waals surface area contributed by atoms with Gasteiger partial charge in [-0.05, 0) is 32.9 Å². The Morgan fingerprint density at radius 3 is 2.88 bits per heavy atom. The molecule has 0 aromatic carbocycles. The highest BCUT2D eigenvalue weighted by Crippen LogP contribution is 2.19.